The number of amides is 2. The Labute approximate surface area is 192 Å². The van der Waals surface area contributed by atoms with Crippen molar-refractivity contribution in [3.63, 3.8) is 0 Å². The summed E-state index contributed by atoms with van der Waals surface area (Å²) in [5.74, 6) is 0.710. The van der Waals surface area contributed by atoms with Crippen LogP contribution in [0, 0.1) is 10.1 Å². The molecule has 33 heavy (non-hydrogen) atoms. The van der Waals surface area contributed by atoms with Gasteiger partial charge in [0.2, 0.25) is 0 Å². The molecular formula is C25H28N4O4. The third-order valence-corrected chi connectivity index (χ3v) is 6.74. The Balaban J connectivity index is 1.54. The zero-order chi connectivity index (χ0) is 22.9. The van der Waals surface area contributed by atoms with Crippen molar-refractivity contribution in [3.05, 3.63) is 52.6 Å². The van der Waals surface area contributed by atoms with Crippen LogP contribution in [0.5, 0.6) is 5.75 Å². The summed E-state index contributed by atoms with van der Waals surface area (Å²) >= 11 is 0. The number of rotatable bonds is 7. The number of hydrogen-bond acceptors (Lipinski definition) is 4. The van der Waals surface area contributed by atoms with Crippen molar-refractivity contribution < 1.29 is 14.5 Å². The van der Waals surface area contributed by atoms with Gasteiger partial charge in [0.25, 0.3) is 0 Å². The number of aromatic nitrogens is 1. The molecule has 0 atom stereocenters. The lowest BCUT2D eigenvalue weighted by Gasteiger charge is -2.29. The molecule has 0 aliphatic heterocycles. The van der Waals surface area contributed by atoms with E-state index in [-0.39, 0.29) is 28.7 Å². The smallest absolute Gasteiger partial charge is 0.319 e. The Kier molecular flexibility index (Phi) is 5.66. The summed E-state index contributed by atoms with van der Waals surface area (Å²) in [4.78, 5) is 24.1. The van der Waals surface area contributed by atoms with Crippen molar-refractivity contribution in [1.29, 1.82) is 0 Å². The maximum atomic E-state index is 12.2. The first-order chi connectivity index (χ1) is 16.0. The minimum absolute atomic E-state index is 0.114. The largest absolute Gasteiger partial charge is 0.494 e. The van der Waals surface area contributed by atoms with Crippen LogP contribution in [0.1, 0.15) is 51.5 Å². The first kappa shape index (κ1) is 21.3. The molecule has 2 saturated carbocycles. The van der Waals surface area contributed by atoms with Crippen molar-refractivity contribution in [1.82, 2.24) is 9.88 Å². The van der Waals surface area contributed by atoms with E-state index in [0.29, 0.717) is 29.1 Å². The fourth-order valence-corrected chi connectivity index (χ4v) is 4.63. The molecule has 8 nitrogen and oxygen atoms in total. The van der Waals surface area contributed by atoms with E-state index in [1.807, 2.05) is 25.1 Å². The Morgan fingerprint density at radius 1 is 1.12 bits per heavy atom. The number of carbonyl (C=O) groups excluding carboxylic acids is 1. The molecule has 2 fully saturated rings. The maximum absolute atomic E-state index is 12.2. The van der Waals surface area contributed by atoms with Crippen LogP contribution >= 0.6 is 0 Å². The molecular weight excluding hydrogens is 420 g/mol. The summed E-state index contributed by atoms with van der Waals surface area (Å²) in [5, 5.41) is 18.6. The van der Waals surface area contributed by atoms with Gasteiger partial charge in [-0.25, -0.2) is 4.79 Å². The number of nitrogens with one attached hydrogen (secondary N) is 2. The van der Waals surface area contributed by atoms with E-state index >= 15 is 0 Å². The molecule has 0 saturated heterocycles. The number of urea groups is 1. The highest BCUT2D eigenvalue weighted by atomic mass is 16.6. The average molecular weight is 449 g/mol. The monoisotopic (exact) mass is 448 g/mol. The number of benzene rings is 2. The van der Waals surface area contributed by atoms with Crippen LogP contribution in [0.2, 0.25) is 0 Å². The molecule has 5 rings (SSSR count). The van der Waals surface area contributed by atoms with Gasteiger partial charge in [-0.15, -0.1) is 0 Å². The second-order valence-electron chi connectivity index (χ2n) is 8.82. The van der Waals surface area contributed by atoms with Crippen LogP contribution < -0.4 is 15.4 Å². The zero-order valence-corrected chi connectivity index (χ0v) is 18.7. The lowest BCUT2D eigenvalue weighted by atomic mass is 9.92. The number of fused-ring (bicyclic) bond motifs is 1. The molecule has 2 aliphatic carbocycles. The first-order valence-electron chi connectivity index (χ1n) is 11.7. The predicted molar refractivity (Wildman–Crippen MR) is 128 cm³/mol. The highest BCUT2D eigenvalue weighted by molar-refractivity contribution is 5.99. The van der Waals surface area contributed by atoms with Crippen LogP contribution in [0.4, 0.5) is 16.2 Å². The van der Waals surface area contributed by atoms with Gasteiger partial charge < -0.3 is 19.9 Å². The molecule has 2 aliphatic rings. The van der Waals surface area contributed by atoms with E-state index in [2.05, 4.69) is 15.2 Å². The SMILES string of the molecule is CCOc1ccc2c([N+](=O)[O-])c(-c3ccc(NC(=O)NC4CCC4)cc3)n(C3CCC3)c2c1. The summed E-state index contributed by atoms with van der Waals surface area (Å²) in [6.45, 7) is 2.46. The highest BCUT2D eigenvalue weighted by Gasteiger charge is 2.33. The molecule has 0 unspecified atom stereocenters. The molecule has 2 N–H and O–H groups in total. The van der Waals surface area contributed by atoms with Crippen molar-refractivity contribution in [3.8, 4) is 17.0 Å². The van der Waals surface area contributed by atoms with Crippen LogP contribution in [0.25, 0.3) is 22.2 Å². The lowest BCUT2D eigenvalue weighted by Crippen LogP contribution is -2.41. The summed E-state index contributed by atoms with van der Waals surface area (Å²) < 4.78 is 7.79. The topological polar surface area (TPSA) is 98.4 Å². The molecule has 3 aromatic rings. The van der Waals surface area contributed by atoms with Crippen LogP contribution in [0.15, 0.2) is 42.5 Å². The highest BCUT2D eigenvalue weighted by Crippen LogP contribution is 2.46. The third-order valence-electron chi connectivity index (χ3n) is 6.74. The maximum Gasteiger partial charge on any atom is 0.319 e. The van der Waals surface area contributed by atoms with Gasteiger partial charge in [0.1, 0.15) is 11.4 Å². The summed E-state index contributed by atoms with van der Waals surface area (Å²) in [5.41, 5.74) is 2.97. The number of carbonyl (C=O) groups is 1. The molecule has 1 aromatic heterocycles. The van der Waals surface area contributed by atoms with Gasteiger partial charge >= 0.3 is 11.7 Å². The zero-order valence-electron chi connectivity index (χ0n) is 18.7. The first-order valence-corrected chi connectivity index (χ1v) is 11.7. The number of ether oxygens (including phenoxy) is 1. The second kappa shape index (κ2) is 8.77. The van der Waals surface area contributed by atoms with Crippen molar-refractivity contribution in [2.24, 2.45) is 0 Å². The van der Waals surface area contributed by atoms with E-state index in [1.165, 1.54) is 0 Å². The summed E-state index contributed by atoms with van der Waals surface area (Å²) in [6.07, 6.45) is 6.29. The van der Waals surface area contributed by atoms with Crippen LogP contribution in [-0.2, 0) is 0 Å². The minimum atomic E-state index is -0.286. The van der Waals surface area contributed by atoms with E-state index in [0.717, 1.165) is 49.6 Å². The van der Waals surface area contributed by atoms with E-state index in [1.54, 1.807) is 24.3 Å². The van der Waals surface area contributed by atoms with Crippen LogP contribution in [0.3, 0.4) is 0 Å². The van der Waals surface area contributed by atoms with Gasteiger partial charge in [0.05, 0.1) is 22.4 Å². The van der Waals surface area contributed by atoms with Crippen molar-refractivity contribution >= 4 is 28.3 Å². The minimum Gasteiger partial charge on any atom is -0.494 e. The fourth-order valence-electron chi connectivity index (χ4n) is 4.63. The van der Waals surface area contributed by atoms with Gasteiger partial charge in [-0.05, 0) is 69.7 Å². The Morgan fingerprint density at radius 2 is 1.85 bits per heavy atom. The molecule has 2 amide bonds. The van der Waals surface area contributed by atoms with Gasteiger partial charge in [0, 0.05) is 29.4 Å². The summed E-state index contributed by atoms with van der Waals surface area (Å²) in [6, 6.07) is 13.0. The van der Waals surface area contributed by atoms with E-state index in [4.69, 9.17) is 4.74 Å². The van der Waals surface area contributed by atoms with Gasteiger partial charge in [0.15, 0.2) is 0 Å². The Bertz CT molecular complexity index is 1190. The molecule has 2 aromatic carbocycles. The molecule has 1 heterocycles. The van der Waals surface area contributed by atoms with E-state index < -0.39 is 0 Å². The van der Waals surface area contributed by atoms with Crippen LogP contribution in [-0.4, -0.2) is 28.2 Å². The standard InChI is InChI=1S/C25H28N4O4/c1-2-33-20-13-14-21-22(15-20)28(19-7-4-8-19)23(24(21)29(31)32)16-9-11-18(12-10-16)27-25(30)26-17-5-3-6-17/h9-15,17,19H,2-8H2,1H3,(H2,26,27,30). The fraction of sp³-hybridized carbons (Fsp3) is 0.400. The van der Waals surface area contributed by atoms with Gasteiger partial charge in [-0.1, -0.05) is 12.1 Å². The normalized spacial score (nSPS) is 16.2. The molecule has 0 radical (unpaired) electrons. The molecule has 0 spiro atoms. The molecule has 0 bridgehead atoms. The quantitative estimate of drug-likeness (QED) is 0.341. The van der Waals surface area contributed by atoms with E-state index in [9.17, 15) is 14.9 Å². The Hall–Kier alpha value is -3.55. The number of nitrogens with zero attached hydrogens (tertiary/aromatic N) is 2. The number of hydrogen-bond donors (Lipinski definition) is 2. The average Bonchev–Trinajstić information content (AvgIpc) is 3.05. The van der Waals surface area contributed by atoms with Crippen molar-refractivity contribution in [2.45, 2.75) is 57.5 Å². The second-order valence-corrected chi connectivity index (χ2v) is 8.82. The third kappa shape index (κ3) is 4.01. The summed E-state index contributed by atoms with van der Waals surface area (Å²) in [7, 11) is 0. The number of anilines is 1. The van der Waals surface area contributed by atoms with Crippen molar-refractivity contribution in [2.75, 3.05) is 11.9 Å². The lowest BCUT2D eigenvalue weighted by molar-refractivity contribution is -0.382. The number of nitro groups is 1. The molecule has 172 valence electrons. The van der Waals surface area contributed by atoms with Gasteiger partial charge in [-0.3, -0.25) is 10.1 Å². The Morgan fingerprint density at radius 3 is 2.42 bits per heavy atom. The van der Waals surface area contributed by atoms with Gasteiger partial charge in [-0.2, -0.15) is 0 Å². The molecule has 8 heteroatoms. The predicted octanol–water partition coefficient (Wildman–Crippen LogP) is 6.01.